The van der Waals surface area contributed by atoms with Crippen LogP contribution >= 0.6 is 0 Å². The molecule has 31 heavy (non-hydrogen) atoms. The lowest BCUT2D eigenvalue weighted by Crippen LogP contribution is -2.51. The molecule has 3 rings (SSSR count). The quantitative estimate of drug-likeness (QED) is 0.771. The third kappa shape index (κ3) is 5.81. The normalized spacial score (nSPS) is 18.9. The van der Waals surface area contributed by atoms with Gasteiger partial charge >= 0.3 is 6.09 Å². The van der Waals surface area contributed by atoms with Gasteiger partial charge in [-0.2, -0.15) is 10.2 Å². The minimum absolute atomic E-state index is 0.0353. The van der Waals surface area contributed by atoms with Crippen molar-refractivity contribution in [2.24, 2.45) is 5.92 Å². The lowest BCUT2D eigenvalue weighted by molar-refractivity contribution is 0.0495. The highest BCUT2D eigenvalue weighted by atomic mass is 19.1. The number of hydrogen-bond donors (Lipinski definition) is 2. The molecule has 1 aliphatic heterocycles. The third-order valence-corrected chi connectivity index (χ3v) is 4.82. The van der Waals surface area contributed by atoms with E-state index in [4.69, 9.17) is 15.7 Å². The van der Waals surface area contributed by atoms with Gasteiger partial charge in [0, 0.05) is 24.7 Å². The van der Waals surface area contributed by atoms with Crippen LogP contribution in [-0.2, 0) is 4.74 Å². The summed E-state index contributed by atoms with van der Waals surface area (Å²) < 4.78 is 19.4. The van der Waals surface area contributed by atoms with Crippen LogP contribution in [0, 0.1) is 23.1 Å². The van der Waals surface area contributed by atoms with Gasteiger partial charge in [-0.3, -0.25) is 0 Å². The maximum absolute atomic E-state index is 14.1. The van der Waals surface area contributed by atoms with Gasteiger partial charge in [0.1, 0.15) is 23.3 Å². The maximum Gasteiger partial charge on any atom is 0.407 e. The van der Waals surface area contributed by atoms with E-state index in [9.17, 15) is 9.18 Å². The minimum Gasteiger partial charge on any atom is -0.444 e. The first-order valence-electron chi connectivity index (χ1n) is 10.1. The number of rotatable bonds is 3. The molecule has 1 saturated heterocycles. The molecule has 9 heteroatoms. The lowest BCUT2D eigenvalue weighted by Gasteiger charge is -2.37. The van der Waals surface area contributed by atoms with Gasteiger partial charge in [-0.15, -0.1) is 0 Å². The Morgan fingerprint density at radius 1 is 1.32 bits per heavy atom. The Morgan fingerprint density at radius 2 is 2.06 bits per heavy atom. The Balaban J connectivity index is 1.82. The number of alkyl carbamates (subject to hydrolysis) is 1. The summed E-state index contributed by atoms with van der Waals surface area (Å²) in [5, 5.41) is 11.9. The first-order chi connectivity index (χ1) is 14.5. The summed E-state index contributed by atoms with van der Waals surface area (Å²) in [5.74, 6) is 0.328. The Kier molecular flexibility index (Phi) is 6.29. The molecular formula is C22H27FN6O2. The lowest BCUT2D eigenvalue weighted by atomic mass is 9.96. The second kappa shape index (κ2) is 8.76. The van der Waals surface area contributed by atoms with E-state index >= 15 is 0 Å². The van der Waals surface area contributed by atoms with Gasteiger partial charge in [-0.25, -0.2) is 14.2 Å². The molecule has 2 heterocycles. The summed E-state index contributed by atoms with van der Waals surface area (Å²) in [6.07, 6.45) is 0.354. The molecule has 0 bridgehead atoms. The van der Waals surface area contributed by atoms with Crippen molar-refractivity contribution in [2.45, 2.75) is 45.8 Å². The van der Waals surface area contributed by atoms with Crippen LogP contribution in [0.25, 0.3) is 11.3 Å². The summed E-state index contributed by atoms with van der Waals surface area (Å²) in [7, 11) is 0. The Morgan fingerprint density at radius 3 is 2.71 bits per heavy atom. The highest BCUT2D eigenvalue weighted by Gasteiger charge is 2.29. The molecule has 0 unspecified atom stereocenters. The van der Waals surface area contributed by atoms with Crippen molar-refractivity contribution in [3.05, 3.63) is 35.6 Å². The molecule has 0 saturated carbocycles. The molecule has 1 fully saturated rings. The average Bonchev–Trinajstić information content (AvgIpc) is 2.65. The first kappa shape index (κ1) is 22.3. The van der Waals surface area contributed by atoms with E-state index < -0.39 is 17.5 Å². The van der Waals surface area contributed by atoms with Crippen LogP contribution in [0.3, 0.4) is 0 Å². The zero-order chi connectivity index (χ0) is 22.8. The molecule has 1 aromatic carbocycles. The van der Waals surface area contributed by atoms with E-state index in [1.165, 1.54) is 12.1 Å². The summed E-state index contributed by atoms with van der Waals surface area (Å²) in [6, 6.07) is 7.71. The van der Waals surface area contributed by atoms with Crippen LogP contribution < -0.4 is 16.0 Å². The number of nitriles is 1. The van der Waals surface area contributed by atoms with Gasteiger partial charge < -0.3 is 20.7 Å². The molecule has 0 spiro atoms. The number of hydrogen-bond acceptors (Lipinski definition) is 7. The second-order valence-corrected chi connectivity index (χ2v) is 8.87. The number of benzene rings is 1. The number of amides is 1. The predicted octanol–water partition coefficient (Wildman–Crippen LogP) is 3.48. The number of nitrogens with zero attached hydrogens (tertiary/aromatic N) is 4. The van der Waals surface area contributed by atoms with Crippen molar-refractivity contribution >= 4 is 17.9 Å². The number of anilines is 2. The highest BCUT2D eigenvalue weighted by molar-refractivity contribution is 5.68. The van der Waals surface area contributed by atoms with Crippen molar-refractivity contribution < 1.29 is 13.9 Å². The van der Waals surface area contributed by atoms with Crippen LogP contribution in [0.1, 0.15) is 39.7 Å². The predicted molar refractivity (Wildman–Crippen MR) is 116 cm³/mol. The number of piperidine rings is 1. The first-order valence-corrected chi connectivity index (χ1v) is 10.1. The molecule has 1 aromatic heterocycles. The van der Waals surface area contributed by atoms with E-state index in [0.29, 0.717) is 29.5 Å². The Hall–Kier alpha value is -3.41. The number of halogens is 1. The van der Waals surface area contributed by atoms with Gasteiger partial charge in [0.05, 0.1) is 17.3 Å². The van der Waals surface area contributed by atoms with E-state index in [2.05, 4.69) is 22.2 Å². The van der Waals surface area contributed by atoms with Crippen LogP contribution in [0.5, 0.6) is 0 Å². The van der Waals surface area contributed by atoms with Crippen LogP contribution in [-0.4, -0.2) is 40.8 Å². The summed E-state index contributed by atoms with van der Waals surface area (Å²) in [6.45, 7) is 8.81. The van der Waals surface area contributed by atoms with Crippen molar-refractivity contribution in [3.8, 4) is 17.3 Å². The molecule has 1 amide bonds. The highest BCUT2D eigenvalue weighted by Crippen LogP contribution is 2.27. The minimum atomic E-state index is -0.619. The van der Waals surface area contributed by atoms with Crippen molar-refractivity contribution in [1.82, 2.24) is 15.3 Å². The summed E-state index contributed by atoms with van der Waals surface area (Å²) >= 11 is 0. The number of aromatic nitrogens is 2. The Bertz CT molecular complexity index is 1010. The monoisotopic (exact) mass is 426 g/mol. The van der Waals surface area contributed by atoms with Gasteiger partial charge in [-0.1, -0.05) is 13.0 Å². The summed E-state index contributed by atoms with van der Waals surface area (Å²) in [4.78, 5) is 22.8. The zero-order valence-electron chi connectivity index (χ0n) is 18.1. The van der Waals surface area contributed by atoms with Gasteiger partial charge in [0.2, 0.25) is 5.95 Å². The SMILES string of the molecule is C[C@@H]1C[C@@H](NC(=O)OC(C)(C)C)CN(c2cc(-c3ccc(C#N)c(F)c3)nc(N)n2)C1. The van der Waals surface area contributed by atoms with E-state index in [1.807, 2.05) is 25.7 Å². The smallest absolute Gasteiger partial charge is 0.407 e. The van der Waals surface area contributed by atoms with Crippen LogP contribution in [0.15, 0.2) is 24.3 Å². The third-order valence-electron chi connectivity index (χ3n) is 4.82. The molecular weight excluding hydrogens is 399 g/mol. The second-order valence-electron chi connectivity index (χ2n) is 8.87. The number of carbonyl (C=O) groups excluding carboxylic acids is 1. The van der Waals surface area contributed by atoms with Gasteiger partial charge in [0.25, 0.3) is 0 Å². The molecule has 164 valence electrons. The Labute approximate surface area is 181 Å². The van der Waals surface area contributed by atoms with Crippen molar-refractivity contribution in [3.63, 3.8) is 0 Å². The maximum atomic E-state index is 14.1. The van der Waals surface area contributed by atoms with Gasteiger partial charge in [-0.05, 0) is 45.2 Å². The standard InChI is InChI=1S/C22H27FN6O2/c1-13-7-16(26-21(30)31-22(2,3)4)12-29(11-13)19-9-18(27-20(25)28-19)14-5-6-15(10-24)17(23)8-14/h5-6,8-9,13,16H,7,11-12H2,1-4H3,(H,26,30)(H2,25,27,28)/t13-,16-/m1/s1. The van der Waals surface area contributed by atoms with Crippen LogP contribution in [0.2, 0.25) is 0 Å². The average molecular weight is 426 g/mol. The number of ether oxygens (including phenoxy) is 1. The van der Waals surface area contributed by atoms with E-state index in [0.717, 1.165) is 13.0 Å². The molecule has 1 aliphatic rings. The van der Waals surface area contributed by atoms with E-state index in [-0.39, 0.29) is 17.6 Å². The van der Waals surface area contributed by atoms with Crippen molar-refractivity contribution in [2.75, 3.05) is 23.7 Å². The molecule has 0 aliphatic carbocycles. The molecule has 8 nitrogen and oxygen atoms in total. The number of carbonyl (C=O) groups is 1. The number of nitrogens with one attached hydrogen (secondary N) is 1. The van der Waals surface area contributed by atoms with E-state index in [1.54, 1.807) is 18.2 Å². The largest absolute Gasteiger partial charge is 0.444 e. The summed E-state index contributed by atoms with van der Waals surface area (Å²) in [5.41, 5.74) is 6.28. The van der Waals surface area contributed by atoms with Crippen molar-refractivity contribution in [1.29, 1.82) is 5.26 Å². The fourth-order valence-electron chi connectivity index (χ4n) is 3.65. The number of nitrogen functional groups attached to an aromatic ring is 1. The fourth-order valence-corrected chi connectivity index (χ4v) is 3.65. The number of nitrogens with two attached hydrogens (primary N) is 1. The fraction of sp³-hybridized carbons (Fsp3) is 0.455. The molecule has 2 atom stereocenters. The van der Waals surface area contributed by atoms with Gasteiger partial charge in [0.15, 0.2) is 0 Å². The topological polar surface area (TPSA) is 117 Å². The van der Waals surface area contributed by atoms with Crippen LogP contribution in [0.4, 0.5) is 21.0 Å². The zero-order valence-corrected chi connectivity index (χ0v) is 18.1. The molecule has 3 N–H and O–H groups in total. The molecule has 0 radical (unpaired) electrons. The molecule has 2 aromatic rings.